The van der Waals surface area contributed by atoms with Gasteiger partial charge in [-0.1, -0.05) is 24.3 Å². The second kappa shape index (κ2) is 11.5. The van der Waals surface area contributed by atoms with Crippen LogP contribution in [0.2, 0.25) is 0 Å². The molecule has 2 aromatic heterocycles. The van der Waals surface area contributed by atoms with E-state index in [1.807, 2.05) is 0 Å². The van der Waals surface area contributed by atoms with Crippen LogP contribution in [-0.2, 0) is 21.2 Å². The molecule has 0 saturated heterocycles. The second-order valence-electron chi connectivity index (χ2n) is 10.5. The number of hydrogen-bond acceptors (Lipinski definition) is 8. The summed E-state index contributed by atoms with van der Waals surface area (Å²) in [5.74, 6) is -1.47. The van der Waals surface area contributed by atoms with Gasteiger partial charge in [-0.15, -0.1) is 0 Å². The predicted molar refractivity (Wildman–Crippen MR) is 152 cm³/mol. The van der Waals surface area contributed by atoms with E-state index in [1.54, 1.807) is 51.1 Å². The summed E-state index contributed by atoms with van der Waals surface area (Å²) in [6.45, 7) is 5.04. The summed E-state index contributed by atoms with van der Waals surface area (Å²) < 4.78 is 48.7. The number of sulfone groups is 1. The van der Waals surface area contributed by atoms with E-state index in [1.165, 1.54) is 35.0 Å². The van der Waals surface area contributed by atoms with Crippen molar-refractivity contribution < 1.29 is 22.7 Å². The standard InChI is InChI=1S/C31H29FN4O5S/c1-18(2)41-17-26-35-30(37)28(31(38)36(26)27(22-7-8-22)23-6-4-5-20(15-23)16-33)42(39,40)24-11-9-21(10-12-24)25-13-14-34-29(32)19(25)3/h4-6,9-15,18,22,27,37H,7-8,17H2,1-3H3. The lowest BCUT2D eigenvalue weighted by Gasteiger charge is -2.25. The highest BCUT2D eigenvalue weighted by atomic mass is 32.2. The van der Waals surface area contributed by atoms with Crippen molar-refractivity contribution in [1.82, 2.24) is 14.5 Å². The summed E-state index contributed by atoms with van der Waals surface area (Å²) in [6, 6.07) is 15.5. The van der Waals surface area contributed by atoms with E-state index in [0.29, 0.717) is 27.8 Å². The molecule has 1 N–H and O–H groups in total. The van der Waals surface area contributed by atoms with Gasteiger partial charge >= 0.3 is 0 Å². The summed E-state index contributed by atoms with van der Waals surface area (Å²) in [7, 11) is -4.55. The fraction of sp³-hybridized carbons (Fsp3) is 0.290. The van der Waals surface area contributed by atoms with Gasteiger partial charge in [-0.05, 0) is 86.6 Å². The number of halogens is 1. The van der Waals surface area contributed by atoms with Gasteiger partial charge in [0.2, 0.25) is 21.7 Å². The van der Waals surface area contributed by atoms with Crippen molar-refractivity contribution in [2.75, 3.05) is 0 Å². The Morgan fingerprint density at radius 1 is 1.17 bits per heavy atom. The Kier molecular flexibility index (Phi) is 7.95. The Hall–Kier alpha value is -4.40. The Bertz CT molecular complexity index is 1860. The smallest absolute Gasteiger partial charge is 0.277 e. The number of ether oxygens (including phenoxy) is 1. The lowest BCUT2D eigenvalue weighted by molar-refractivity contribution is 0.0571. The summed E-state index contributed by atoms with van der Waals surface area (Å²) in [6.07, 6.45) is 2.68. The molecule has 1 fully saturated rings. The van der Waals surface area contributed by atoms with E-state index < -0.39 is 38.2 Å². The van der Waals surface area contributed by atoms with Gasteiger partial charge in [0.1, 0.15) is 12.4 Å². The first-order valence-electron chi connectivity index (χ1n) is 13.5. The highest BCUT2D eigenvalue weighted by Crippen LogP contribution is 2.44. The van der Waals surface area contributed by atoms with E-state index in [2.05, 4.69) is 16.0 Å². The van der Waals surface area contributed by atoms with E-state index in [4.69, 9.17) is 4.74 Å². The normalized spacial score (nSPS) is 14.1. The molecule has 1 unspecified atom stereocenters. The summed E-state index contributed by atoms with van der Waals surface area (Å²) >= 11 is 0. The topological polar surface area (TPSA) is 135 Å². The maximum Gasteiger partial charge on any atom is 0.277 e. The predicted octanol–water partition coefficient (Wildman–Crippen LogP) is 5.09. The third-order valence-corrected chi connectivity index (χ3v) is 9.05. The molecule has 0 amide bonds. The molecule has 1 saturated carbocycles. The van der Waals surface area contributed by atoms with Crippen molar-refractivity contribution in [2.45, 2.75) is 62.2 Å². The number of nitriles is 1. The molecule has 216 valence electrons. The molecule has 0 spiro atoms. The van der Waals surface area contributed by atoms with Crippen LogP contribution in [-0.4, -0.2) is 34.2 Å². The van der Waals surface area contributed by atoms with Gasteiger partial charge in [0.25, 0.3) is 5.56 Å². The summed E-state index contributed by atoms with van der Waals surface area (Å²) in [5, 5.41) is 20.4. The molecule has 11 heteroatoms. The molecule has 2 heterocycles. The van der Waals surface area contributed by atoms with E-state index >= 15 is 0 Å². The zero-order valence-corrected chi connectivity index (χ0v) is 24.1. The highest BCUT2D eigenvalue weighted by Gasteiger charge is 2.39. The van der Waals surface area contributed by atoms with Gasteiger partial charge < -0.3 is 9.84 Å². The third kappa shape index (κ3) is 5.55. The average Bonchev–Trinajstić information content (AvgIpc) is 3.80. The highest BCUT2D eigenvalue weighted by molar-refractivity contribution is 7.91. The monoisotopic (exact) mass is 588 g/mol. The molecule has 9 nitrogen and oxygen atoms in total. The van der Waals surface area contributed by atoms with Crippen LogP contribution in [0.4, 0.5) is 4.39 Å². The number of nitrogens with zero attached hydrogens (tertiary/aromatic N) is 4. The van der Waals surface area contributed by atoms with Crippen LogP contribution < -0.4 is 5.56 Å². The number of pyridine rings is 1. The SMILES string of the molecule is Cc1c(-c2ccc(S(=O)(=O)c3c(O)nc(COC(C)C)n(C(c4cccc(C#N)c4)C4CC4)c3=O)cc2)ccnc1F. The molecule has 0 aliphatic heterocycles. The zero-order valence-electron chi connectivity index (χ0n) is 23.3. The fourth-order valence-electron chi connectivity index (χ4n) is 5.00. The van der Waals surface area contributed by atoms with Crippen LogP contribution in [0.3, 0.4) is 0 Å². The summed E-state index contributed by atoms with van der Waals surface area (Å²) in [4.78, 5) is 20.9. The van der Waals surface area contributed by atoms with Gasteiger partial charge in [-0.2, -0.15) is 14.6 Å². The number of benzene rings is 2. The molecule has 1 aliphatic carbocycles. The molecule has 0 bridgehead atoms. The first kappa shape index (κ1) is 29.1. The molecule has 1 aliphatic rings. The van der Waals surface area contributed by atoms with E-state index in [0.717, 1.165) is 12.8 Å². The van der Waals surface area contributed by atoms with Crippen molar-refractivity contribution in [3.05, 3.63) is 99.6 Å². The minimum atomic E-state index is -4.55. The Morgan fingerprint density at radius 3 is 2.52 bits per heavy atom. The first-order chi connectivity index (χ1) is 20.0. The average molecular weight is 589 g/mol. The Balaban J connectivity index is 1.66. The van der Waals surface area contributed by atoms with Crippen molar-refractivity contribution >= 4 is 9.84 Å². The van der Waals surface area contributed by atoms with Crippen molar-refractivity contribution in [3.63, 3.8) is 0 Å². The molecule has 0 radical (unpaired) electrons. The van der Waals surface area contributed by atoms with Gasteiger partial charge in [0, 0.05) is 11.8 Å². The fourth-order valence-corrected chi connectivity index (χ4v) is 6.35. The van der Waals surface area contributed by atoms with Gasteiger partial charge in [-0.3, -0.25) is 9.36 Å². The second-order valence-corrected chi connectivity index (χ2v) is 12.4. The van der Waals surface area contributed by atoms with E-state index in [-0.39, 0.29) is 29.3 Å². The Labute approximate surface area is 242 Å². The van der Waals surface area contributed by atoms with Crippen molar-refractivity contribution in [3.8, 4) is 23.1 Å². The zero-order chi connectivity index (χ0) is 30.2. The molecule has 4 aromatic rings. The van der Waals surface area contributed by atoms with Crippen LogP contribution >= 0.6 is 0 Å². The van der Waals surface area contributed by atoms with Gasteiger partial charge in [0.15, 0.2) is 4.90 Å². The number of hydrogen-bond donors (Lipinski definition) is 1. The minimum absolute atomic E-state index is 0.000351. The molecule has 1 atom stereocenters. The molecular weight excluding hydrogens is 559 g/mol. The molecule has 5 rings (SSSR count). The number of rotatable bonds is 9. The number of aromatic hydroxyl groups is 1. The summed E-state index contributed by atoms with van der Waals surface area (Å²) in [5.41, 5.74) is 1.53. The molecule has 2 aromatic carbocycles. The largest absolute Gasteiger partial charge is 0.492 e. The molecule has 42 heavy (non-hydrogen) atoms. The third-order valence-electron chi connectivity index (χ3n) is 7.27. The van der Waals surface area contributed by atoms with Crippen LogP contribution in [0, 0.1) is 30.1 Å². The first-order valence-corrected chi connectivity index (χ1v) is 14.9. The van der Waals surface area contributed by atoms with Crippen LogP contribution in [0.15, 0.2) is 75.4 Å². The van der Waals surface area contributed by atoms with Gasteiger partial charge in [0.05, 0.1) is 28.7 Å². The van der Waals surface area contributed by atoms with Gasteiger partial charge in [-0.25, -0.2) is 13.4 Å². The van der Waals surface area contributed by atoms with Crippen LogP contribution in [0.1, 0.15) is 55.2 Å². The van der Waals surface area contributed by atoms with Crippen LogP contribution in [0.25, 0.3) is 11.1 Å². The Morgan fingerprint density at radius 2 is 1.88 bits per heavy atom. The maximum atomic E-state index is 14.2. The van der Waals surface area contributed by atoms with E-state index in [9.17, 15) is 28.0 Å². The maximum absolute atomic E-state index is 14.2. The number of aromatic nitrogens is 3. The quantitative estimate of drug-likeness (QED) is 0.267. The van der Waals surface area contributed by atoms with Crippen molar-refractivity contribution in [1.29, 1.82) is 5.26 Å². The van der Waals surface area contributed by atoms with Crippen molar-refractivity contribution in [2.24, 2.45) is 5.92 Å². The van der Waals surface area contributed by atoms with Crippen LogP contribution in [0.5, 0.6) is 5.88 Å². The lowest BCUT2D eigenvalue weighted by atomic mass is 9.99. The lowest BCUT2D eigenvalue weighted by Crippen LogP contribution is -2.35. The minimum Gasteiger partial charge on any atom is -0.492 e. The molecular formula is C31H29FN4O5S.